The van der Waals surface area contributed by atoms with Crippen molar-refractivity contribution in [1.82, 2.24) is 10.6 Å². The van der Waals surface area contributed by atoms with Crippen LogP contribution in [0.5, 0.6) is 0 Å². The van der Waals surface area contributed by atoms with Crippen LogP contribution in [-0.2, 0) is 14.4 Å². The van der Waals surface area contributed by atoms with E-state index >= 15 is 0 Å². The van der Waals surface area contributed by atoms with E-state index in [2.05, 4.69) is 146 Å². The number of allylic oxidation sites excluding steroid dienone is 22. The largest absolute Gasteiger partial charge is 0.349 e. The van der Waals surface area contributed by atoms with Crippen molar-refractivity contribution in [2.75, 3.05) is 13.1 Å². The highest BCUT2D eigenvalue weighted by Crippen LogP contribution is 2.01. The van der Waals surface area contributed by atoms with Crippen LogP contribution in [0.25, 0.3) is 0 Å². The first kappa shape index (κ1) is 45.8. The van der Waals surface area contributed by atoms with Crippen LogP contribution < -0.4 is 10.6 Å². The van der Waals surface area contributed by atoms with E-state index in [1.54, 1.807) is 0 Å². The third-order valence-electron chi connectivity index (χ3n) is 7.03. The molecule has 5 heteroatoms. The van der Waals surface area contributed by atoms with Gasteiger partial charge in [-0.1, -0.05) is 148 Å². The summed E-state index contributed by atoms with van der Waals surface area (Å²) in [6.07, 6.45) is 61.0. The van der Waals surface area contributed by atoms with E-state index in [0.29, 0.717) is 19.3 Å². The zero-order valence-electron chi connectivity index (χ0n) is 31.2. The molecular formula is C45H66N2O3. The minimum absolute atomic E-state index is 0.0616. The van der Waals surface area contributed by atoms with E-state index < -0.39 is 0 Å². The van der Waals surface area contributed by atoms with Gasteiger partial charge in [0, 0.05) is 12.8 Å². The molecular weight excluding hydrogens is 617 g/mol. The highest BCUT2D eigenvalue weighted by atomic mass is 16.2. The Morgan fingerprint density at radius 1 is 0.360 bits per heavy atom. The molecule has 2 amide bonds. The van der Waals surface area contributed by atoms with Crippen molar-refractivity contribution in [3.8, 4) is 0 Å². The summed E-state index contributed by atoms with van der Waals surface area (Å²) in [6.45, 7) is 4.16. The maximum absolute atomic E-state index is 12.0. The molecule has 0 saturated heterocycles. The van der Waals surface area contributed by atoms with Crippen molar-refractivity contribution in [2.24, 2.45) is 0 Å². The Morgan fingerprint density at radius 3 is 0.980 bits per heavy atom. The number of hydrogen-bond donors (Lipinski definition) is 2. The molecule has 0 aliphatic rings. The molecule has 0 aromatic heterocycles. The summed E-state index contributed by atoms with van der Waals surface area (Å²) in [6, 6.07) is 0. The molecule has 50 heavy (non-hydrogen) atoms. The lowest BCUT2D eigenvalue weighted by Gasteiger charge is -2.05. The quantitative estimate of drug-likeness (QED) is 0.0564. The van der Waals surface area contributed by atoms with E-state index in [-0.39, 0.29) is 30.7 Å². The first-order chi connectivity index (χ1) is 24.6. The lowest BCUT2D eigenvalue weighted by atomic mass is 10.2. The second-order valence-electron chi connectivity index (χ2n) is 11.6. The molecule has 0 aromatic carbocycles. The van der Waals surface area contributed by atoms with Crippen LogP contribution in [0.4, 0.5) is 0 Å². The van der Waals surface area contributed by atoms with Crippen LogP contribution in [0.1, 0.15) is 117 Å². The molecule has 0 saturated carbocycles. The molecule has 0 aliphatic heterocycles. The first-order valence-electron chi connectivity index (χ1n) is 18.8. The zero-order chi connectivity index (χ0) is 36.4. The molecule has 0 rings (SSSR count). The van der Waals surface area contributed by atoms with Crippen molar-refractivity contribution >= 4 is 17.6 Å². The lowest BCUT2D eigenvalue weighted by molar-refractivity contribution is -0.126. The number of nitrogens with one attached hydrogen (secondary N) is 2. The Hall–Kier alpha value is -4.25. The fourth-order valence-corrected chi connectivity index (χ4v) is 4.24. The van der Waals surface area contributed by atoms with Gasteiger partial charge in [-0.2, -0.15) is 0 Å². The van der Waals surface area contributed by atoms with E-state index in [1.807, 2.05) is 12.2 Å². The standard InChI is InChI=1S/C45H66N2O3/c1-3-5-7-9-11-13-15-17-19-21-22-24-26-28-30-32-34-36-38-40-45(50)47-42-43(48)41-46-44(49)39-37-35-33-31-29-27-25-23-20-18-16-14-12-10-8-6-4-2/h5-8,11-14,17-20,22,24-25,27-28,30-31,33-34,36H,3-4,9-10,15-16,21,23,26,29,32,35,37-42H2,1-2H3,(H,46,49)(H,47,50)/b7-5-,8-6-,13-11-,14-12-,19-17-,20-18-,24-22-,27-25-,30-28-,33-31-,36-34-. The van der Waals surface area contributed by atoms with E-state index in [1.165, 1.54) is 0 Å². The highest BCUT2D eigenvalue weighted by Gasteiger charge is 2.07. The number of rotatable bonds is 31. The number of amides is 2. The molecule has 0 radical (unpaired) electrons. The molecule has 5 nitrogen and oxygen atoms in total. The monoisotopic (exact) mass is 683 g/mol. The SMILES string of the molecule is CC/C=C\C/C=C\C/C=C\C/C=C\C/C=C\C/C=C\CCC(=O)NCC(=O)CNC(=O)CCC/C=C\C/C=C\C/C=C\C/C=C\C/C=C\CC. The van der Waals surface area contributed by atoms with Gasteiger partial charge in [-0.15, -0.1) is 0 Å². The average Bonchev–Trinajstić information content (AvgIpc) is 3.12. The molecule has 0 spiro atoms. The van der Waals surface area contributed by atoms with Gasteiger partial charge < -0.3 is 10.6 Å². The Balaban J connectivity index is 3.73. The number of carbonyl (C=O) groups is 3. The molecule has 0 unspecified atom stereocenters. The molecule has 2 N–H and O–H groups in total. The fourth-order valence-electron chi connectivity index (χ4n) is 4.24. The number of ketones is 1. The molecule has 274 valence electrons. The summed E-state index contributed by atoms with van der Waals surface area (Å²) >= 11 is 0. The molecule has 0 aromatic rings. The van der Waals surface area contributed by atoms with Crippen LogP contribution in [0.3, 0.4) is 0 Å². The maximum atomic E-state index is 12.0. The number of hydrogen-bond acceptors (Lipinski definition) is 3. The predicted octanol–water partition coefficient (Wildman–Crippen LogP) is 11.2. The van der Waals surface area contributed by atoms with Gasteiger partial charge in [0.15, 0.2) is 5.78 Å². The van der Waals surface area contributed by atoms with Crippen molar-refractivity contribution in [3.05, 3.63) is 134 Å². The summed E-state index contributed by atoms with van der Waals surface area (Å²) in [5.41, 5.74) is 0. The van der Waals surface area contributed by atoms with Crippen LogP contribution in [0.2, 0.25) is 0 Å². The van der Waals surface area contributed by atoms with Crippen molar-refractivity contribution in [3.63, 3.8) is 0 Å². The van der Waals surface area contributed by atoms with Crippen molar-refractivity contribution in [2.45, 2.75) is 117 Å². The third-order valence-corrected chi connectivity index (χ3v) is 7.03. The zero-order valence-corrected chi connectivity index (χ0v) is 31.2. The molecule has 0 bridgehead atoms. The Kier molecular flexibility index (Phi) is 35.9. The summed E-state index contributed by atoms with van der Waals surface area (Å²) in [5, 5.41) is 5.29. The van der Waals surface area contributed by atoms with E-state index in [4.69, 9.17) is 0 Å². The summed E-state index contributed by atoms with van der Waals surface area (Å²) < 4.78 is 0. The fraction of sp³-hybridized carbons (Fsp3) is 0.444. The van der Waals surface area contributed by atoms with Gasteiger partial charge in [-0.25, -0.2) is 0 Å². The molecule has 0 fully saturated rings. The average molecular weight is 683 g/mol. The van der Waals surface area contributed by atoms with E-state index in [0.717, 1.165) is 83.5 Å². The van der Waals surface area contributed by atoms with Gasteiger partial charge in [0.05, 0.1) is 13.1 Å². The van der Waals surface area contributed by atoms with Gasteiger partial charge in [-0.3, -0.25) is 14.4 Å². The molecule has 0 atom stereocenters. The van der Waals surface area contributed by atoms with Gasteiger partial charge in [-0.05, 0) is 89.9 Å². The van der Waals surface area contributed by atoms with Crippen LogP contribution >= 0.6 is 0 Å². The topological polar surface area (TPSA) is 75.3 Å². The maximum Gasteiger partial charge on any atom is 0.220 e. The second kappa shape index (κ2) is 39.2. The number of Topliss-reactive ketones (excluding diaryl/α,β-unsaturated/α-hetero) is 1. The minimum Gasteiger partial charge on any atom is -0.349 e. The molecule has 0 heterocycles. The summed E-state index contributed by atoms with van der Waals surface area (Å²) in [7, 11) is 0. The van der Waals surface area contributed by atoms with Gasteiger partial charge in [0.1, 0.15) is 0 Å². The number of carbonyl (C=O) groups excluding carboxylic acids is 3. The van der Waals surface area contributed by atoms with Gasteiger partial charge in [0.25, 0.3) is 0 Å². The Bertz CT molecular complexity index is 1190. The van der Waals surface area contributed by atoms with Crippen LogP contribution in [-0.4, -0.2) is 30.7 Å². The predicted molar refractivity (Wildman–Crippen MR) is 217 cm³/mol. The van der Waals surface area contributed by atoms with Gasteiger partial charge >= 0.3 is 0 Å². The molecule has 0 aliphatic carbocycles. The first-order valence-corrected chi connectivity index (χ1v) is 18.8. The van der Waals surface area contributed by atoms with Crippen LogP contribution in [0.15, 0.2) is 134 Å². The Labute approximate surface area is 305 Å². The minimum atomic E-state index is -0.210. The third kappa shape index (κ3) is 38.2. The second-order valence-corrected chi connectivity index (χ2v) is 11.6. The summed E-state index contributed by atoms with van der Waals surface area (Å²) in [4.78, 5) is 36.1. The van der Waals surface area contributed by atoms with Gasteiger partial charge in [0.2, 0.25) is 11.8 Å². The Morgan fingerprint density at radius 2 is 0.640 bits per heavy atom. The number of unbranched alkanes of at least 4 members (excludes halogenated alkanes) is 1. The normalized spacial score (nSPS) is 13.0. The highest BCUT2D eigenvalue weighted by molar-refractivity contribution is 5.90. The van der Waals surface area contributed by atoms with E-state index in [9.17, 15) is 14.4 Å². The lowest BCUT2D eigenvalue weighted by Crippen LogP contribution is -2.36. The van der Waals surface area contributed by atoms with Crippen LogP contribution in [0, 0.1) is 0 Å². The van der Waals surface area contributed by atoms with Crippen molar-refractivity contribution < 1.29 is 14.4 Å². The van der Waals surface area contributed by atoms with Crippen molar-refractivity contribution in [1.29, 1.82) is 0 Å². The smallest absolute Gasteiger partial charge is 0.220 e. The summed E-state index contributed by atoms with van der Waals surface area (Å²) in [5.74, 6) is -0.519.